The minimum absolute atomic E-state index is 0.171. The van der Waals surface area contributed by atoms with Crippen molar-refractivity contribution < 1.29 is 4.42 Å². The number of fused-ring (bicyclic) bond motifs is 1. The zero-order valence-electron chi connectivity index (χ0n) is 11.4. The lowest BCUT2D eigenvalue weighted by atomic mass is 10.2. The monoisotopic (exact) mass is 260 g/mol. The molecule has 0 amide bonds. The highest BCUT2D eigenvalue weighted by molar-refractivity contribution is 5.72. The molecule has 1 aliphatic rings. The molecule has 19 heavy (non-hydrogen) atoms. The second kappa shape index (κ2) is 5.19. The summed E-state index contributed by atoms with van der Waals surface area (Å²) < 4.78 is 7.44. The summed E-state index contributed by atoms with van der Waals surface area (Å²) in [6, 6.07) is 2.36. The van der Waals surface area contributed by atoms with E-state index >= 15 is 0 Å². The summed E-state index contributed by atoms with van der Waals surface area (Å²) >= 11 is 0. The van der Waals surface area contributed by atoms with Crippen LogP contribution in [0.15, 0.2) is 21.5 Å². The molecule has 0 radical (unpaired) electrons. The van der Waals surface area contributed by atoms with Gasteiger partial charge in [-0.15, -0.1) is 0 Å². The summed E-state index contributed by atoms with van der Waals surface area (Å²) in [6.45, 7) is 2.16. The van der Waals surface area contributed by atoms with Crippen LogP contribution in [0.2, 0.25) is 0 Å². The fraction of sp³-hybridized carbons (Fsp3) is 0.600. The van der Waals surface area contributed by atoms with Crippen LogP contribution in [0.3, 0.4) is 0 Å². The number of hydrogen-bond donors (Lipinski definition) is 0. The molecule has 1 saturated carbocycles. The summed E-state index contributed by atoms with van der Waals surface area (Å²) in [5.74, 6) is 0.938. The number of rotatable bonds is 4. The van der Waals surface area contributed by atoms with Crippen LogP contribution in [0.1, 0.15) is 57.3 Å². The van der Waals surface area contributed by atoms with Crippen molar-refractivity contribution >= 4 is 11.1 Å². The third-order valence-electron chi connectivity index (χ3n) is 3.98. The van der Waals surface area contributed by atoms with Crippen LogP contribution in [0, 0.1) is 0 Å². The van der Waals surface area contributed by atoms with Crippen LogP contribution in [-0.2, 0) is 6.42 Å². The predicted octanol–water partition coefficient (Wildman–Crippen LogP) is 3.45. The lowest BCUT2D eigenvalue weighted by Crippen LogP contribution is -2.24. The SMILES string of the molecule is CCCCc1cc2cn(C3CCCC3)c(=O)nc2o1. The maximum absolute atomic E-state index is 12.0. The highest BCUT2D eigenvalue weighted by Gasteiger charge is 2.19. The van der Waals surface area contributed by atoms with E-state index in [1.54, 1.807) is 4.57 Å². The topological polar surface area (TPSA) is 48.0 Å². The molecule has 4 nitrogen and oxygen atoms in total. The Balaban J connectivity index is 1.96. The molecule has 0 unspecified atom stereocenters. The molecule has 2 heterocycles. The van der Waals surface area contributed by atoms with Crippen LogP contribution in [0.25, 0.3) is 11.1 Å². The van der Waals surface area contributed by atoms with E-state index in [4.69, 9.17) is 4.42 Å². The molecular weight excluding hydrogens is 240 g/mol. The quantitative estimate of drug-likeness (QED) is 0.846. The highest BCUT2D eigenvalue weighted by Crippen LogP contribution is 2.29. The van der Waals surface area contributed by atoms with E-state index in [-0.39, 0.29) is 5.69 Å². The average Bonchev–Trinajstić information content (AvgIpc) is 3.03. The summed E-state index contributed by atoms with van der Waals surface area (Å²) in [5, 5.41) is 0.956. The second-order valence-corrected chi connectivity index (χ2v) is 5.45. The van der Waals surface area contributed by atoms with Gasteiger partial charge in [0, 0.05) is 18.7 Å². The van der Waals surface area contributed by atoms with Gasteiger partial charge in [-0.05, 0) is 25.3 Å². The van der Waals surface area contributed by atoms with E-state index < -0.39 is 0 Å². The molecule has 0 saturated heterocycles. The van der Waals surface area contributed by atoms with Gasteiger partial charge in [0.15, 0.2) is 0 Å². The zero-order chi connectivity index (χ0) is 13.2. The molecular formula is C15H20N2O2. The van der Waals surface area contributed by atoms with Gasteiger partial charge in [-0.2, -0.15) is 4.98 Å². The van der Waals surface area contributed by atoms with Crippen LogP contribution in [0.4, 0.5) is 0 Å². The van der Waals surface area contributed by atoms with Crippen molar-refractivity contribution in [3.05, 3.63) is 28.5 Å². The van der Waals surface area contributed by atoms with Gasteiger partial charge in [0.05, 0.1) is 5.39 Å². The van der Waals surface area contributed by atoms with E-state index in [1.807, 2.05) is 12.3 Å². The van der Waals surface area contributed by atoms with Gasteiger partial charge < -0.3 is 4.42 Å². The number of unbranched alkanes of at least 4 members (excludes halogenated alkanes) is 1. The lowest BCUT2D eigenvalue weighted by Gasteiger charge is -2.11. The normalized spacial score (nSPS) is 16.5. The van der Waals surface area contributed by atoms with Crippen LogP contribution < -0.4 is 5.69 Å². The van der Waals surface area contributed by atoms with E-state index in [0.29, 0.717) is 11.8 Å². The Bertz CT molecular complexity index is 621. The van der Waals surface area contributed by atoms with Gasteiger partial charge in [-0.1, -0.05) is 26.2 Å². The van der Waals surface area contributed by atoms with Crippen molar-refractivity contribution in [2.24, 2.45) is 0 Å². The van der Waals surface area contributed by atoms with Crippen molar-refractivity contribution in [3.63, 3.8) is 0 Å². The first kappa shape index (κ1) is 12.5. The van der Waals surface area contributed by atoms with Gasteiger partial charge in [-0.25, -0.2) is 4.79 Å². The molecule has 0 spiro atoms. The Morgan fingerprint density at radius 2 is 2.21 bits per heavy atom. The molecule has 0 bridgehead atoms. The van der Waals surface area contributed by atoms with E-state index in [0.717, 1.165) is 43.3 Å². The Morgan fingerprint density at radius 1 is 1.42 bits per heavy atom. The lowest BCUT2D eigenvalue weighted by molar-refractivity contribution is 0.487. The molecule has 3 rings (SSSR count). The van der Waals surface area contributed by atoms with Crippen molar-refractivity contribution in [1.82, 2.24) is 9.55 Å². The highest BCUT2D eigenvalue weighted by atomic mass is 16.3. The fourth-order valence-corrected chi connectivity index (χ4v) is 2.90. The van der Waals surface area contributed by atoms with Gasteiger partial charge >= 0.3 is 5.69 Å². The van der Waals surface area contributed by atoms with Gasteiger partial charge in [0.25, 0.3) is 0 Å². The summed E-state index contributed by atoms with van der Waals surface area (Å²) in [4.78, 5) is 16.1. The van der Waals surface area contributed by atoms with Crippen LogP contribution in [-0.4, -0.2) is 9.55 Å². The number of aromatic nitrogens is 2. The molecule has 0 N–H and O–H groups in total. The number of hydrogen-bond acceptors (Lipinski definition) is 3. The van der Waals surface area contributed by atoms with Crippen molar-refractivity contribution in [2.75, 3.05) is 0 Å². The van der Waals surface area contributed by atoms with Crippen molar-refractivity contribution in [2.45, 2.75) is 57.9 Å². The van der Waals surface area contributed by atoms with Gasteiger partial charge in [0.1, 0.15) is 5.76 Å². The van der Waals surface area contributed by atoms with Crippen molar-refractivity contribution in [1.29, 1.82) is 0 Å². The Labute approximate surface area is 112 Å². The van der Waals surface area contributed by atoms with E-state index in [9.17, 15) is 4.79 Å². The summed E-state index contributed by atoms with van der Waals surface area (Å²) in [5.41, 5.74) is 0.321. The third kappa shape index (κ3) is 2.44. The van der Waals surface area contributed by atoms with Crippen molar-refractivity contribution in [3.8, 4) is 0 Å². The van der Waals surface area contributed by atoms with E-state index in [1.165, 1.54) is 12.8 Å². The molecule has 0 aliphatic heterocycles. The minimum Gasteiger partial charge on any atom is -0.443 e. The first-order valence-corrected chi connectivity index (χ1v) is 7.29. The average molecular weight is 260 g/mol. The fourth-order valence-electron chi connectivity index (χ4n) is 2.90. The second-order valence-electron chi connectivity index (χ2n) is 5.45. The zero-order valence-corrected chi connectivity index (χ0v) is 11.4. The molecule has 0 atom stereocenters. The first-order valence-electron chi connectivity index (χ1n) is 7.29. The number of nitrogens with zero attached hydrogens (tertiary/aromatic N) is 2. The largest absolute Gasteiger partial charge is 0.443 e. The Kier molecular flexibility index (Phi) is 3.40. The summed E-state index contributed by atoms with van der Waals surface area (Å²) in [7, 11) is 0. The number of aryl methyl sites for hydroxylation is 1. The van der Waals surface area contributed by atoms with E-state index in [2.05, 4.69) is 11.9 Å². The maximum atomic E-state index is 12.0. The maximum Gasteiger partial charge on any atom is 0.351 e. The van der Waals surface area contributed by atoms with Gasteiger partial charge in [0.2, 0.25) is 5.71 Å². The molecule has 2 aromatic rings. The molecule has 1 aliphatic carbocycles. The standard InChI is InChI=1S/C15H20N2O2/c1-2-3-8-13-9-11-10-17(12-6-4-5-7-12)15(18)16-14(11)19-13/h9-10,12H,2-8H2,1H3. The van der Waals surface area contributed by atoms with Crippen LogP contribution in [0.5, 0.6) is 0 Å². The van der Waals surface area contributed by atoms with Crippen LogP contribution >= 0.6 is 0 Å². The molecule has 2 aromatic heterocycles. The first-order chi connectivity index (χ1) is 9.28. The molecule has 0 aromatic carbocycles. The smallest absolute Gasteiger partial charge is 0.351 e. The summed E-state index contributed by atoms with van der Waals surface area (Å²) in [6.07, 6.45) is 9.70. The third-order valence-corrected chi connectivity index (χ3v) is 3.98. The Morgan fingerprint density at radius 3 is 2.95 bits per heavy atom. The number of furan rings is 1. The molecule has 1 fully saturated rings. The molecule has 102 valence electrons. The minimum atomic E-state index is -0.171. The predicted molar refractivity (Wildman–Crippen MR) is 74.4 cm³/mol. The molecule has 4 heteroatoms. The van der Waals surface area contributed by atoms with Gasteiger partial charge in [-0.3, -0.25) is 4.57 Å². The Hall–Kier alpha value is -1.58.